The molecule has 1 aliphatic rings. The van der Waals surface area contributed by atoms with Crippen LogP contribution in [0.1, 0.15) is 25.1 Å². The zero-order chi connectivity index (χ0) is 22.3. The summed E-state index contributed by atoms with van der Waals surface area (Å²) < 4.78 is 38.6. The van der Waals surface area contributed by atoms with E-state index in [-0.39, 0.29) is 16.7 Å². The maximum atomic E-state index is 14.3. The lowest BCUT2D eigenvalue weighted by molar-refractivity contribution is 0.357. The topological polar surface area (TPSA) is 43.3 Å². The summed E-state index contributed by atoms with van der Waals surface area (Å²) >= 11 is 1.46. The van der Waals surface area contributed by atoms with Crippen molar-refractivity contribution in [1.29, 1.82) is 0 Å². The predicted octanol–water partition coefficient (Wildman–Crippen LogP) is 6.17. The number of nitrogens with one attached hydrogen (secondary N) is 1. The van der Waals surface area contributed by atoms with E-state index in [1.54, 1.807) is 13.0 Å². The molecule has 31 heavy (non-hydrogen) atoms. The first-order valence-electron chi connectivity index (χ1n) is 9.98. The normalized spacial score (nSPS) is 14.4. The van der Waals surface area contributed by atoms with Gasteiger partial charge < -0.3 is 14.0 Å². The zero-order valence-electron chi connectivity index (χ0n) is 17.9. The second kappa shape index (κ2) is 8.04. The molecule has 0 bridgehead atoms. The molecule has 4 nitrogen and oxygen atoms in total. The molecule has 7 heteroatoms. The van der Waals surface area contributed by atoms with Gasteiger partial charge in [-0.05, 0) is 55.2 Å². The van der Waals surface area contributed by atoms with Crippen LogP contribution in [0.4, 0.5) is 14.5 Å². The number of aromatic nitrogens is 1. The Morgan fingerprint density at radius 1 is 1.06 bits per heavy atom. The summed E-state index contributed by atoms with van der Waals surface area (Å²) in [5, 5.41) is 0. The van der Waals surface area contributed by atoms with E-state index >= 15 is 0 Å². The molecule has 2 aromatic carbocycles. The number of fused-ring (bicyclic) bond motifs is 1. The number of pyridine rings is 1. The molecule has 1 aliphatic heterocycles. The Bertz CT molecular complexity index is 1220. The van der Waals surface area contributed by atoms with E-state index in [1.165, 1.54) is 18.0 Å². The van der Waals surface area contributed by atoms with Crippen molar-refractivity contribution in [2.75, 3.05) is 11.0 Å². The van der Waals surface area contributed by atoms with Crippen molar-refractivity contribution in [2.24, 2.45) is 5.41 Å². The van der Waals surface area contributed by atoms with Gasteiger partial charge in [-0.3, -0.25) is 4.79 Å². The summed E-state index contributed by atoms with van der Waals surface area (Å²) in [6, 6.07) is 10.6. The first kappa shape index (κ1) is 21.4. The minimum atomic E-state index is -0.774. The molecule has 0 aliphatic carbocycles. The van der Waals surface area contributed by atoms with E-state index in [9.17, 15) is 13.6 Å². The quantitative estimate of drug-likeness (QED) is 0.480. The molecule has 3 aromatic rings. The molecule has 1 N–H and O–H groups in total. The van der Waals surface area contributed by atoms with Gasteiger partial charge >= 0.3 is 0 Å². The zero-order valence-corrected chi connectivity index (χ0v) is 18.7. The van der Waals surface area contributed by atoms with Crippen LogP contribution in [0.5, 0.6) is 11.5 Å². The Morgan fingerprint density at radius 2 is 1.81 bits per heavy atom. The van der Waals surface area contributed by atoms with Gasteiger partial charge in [0.15, 0.2) is 11.6 Å². The van der Waals surface area contributed by atoms with Crippen LogP contribution >= 0.6 is 11.9 Å². The minimum absolute atomic E-state index is 0.00904. The van der Waals surface area contributed by atoms with E-state index in [2.05, 4.69) is 18.6 Å². The number of rotatable bonds is 5. The van der Waals surface area contributed by atoms with Gasteiger partial charge in [0, 0.05) is 46.9 Å². The number of ether oxygens (including phenoxy) is 1. The smallest absolute Gasteiger partial charge is 0.253 e. The van der Waals surface area contributed by atoms with Crippen molar-refractivity contribution in [2.45, 2.75) is 33.7 Å². The van der Waals surface area contributed by atoms with E-state index in [4.69, 9.17) is 4.74 Å². The Labute approximate surface area is 184 Å². The molecule has 2 heterocycles. The number of hydrogen-bond donors (Lipinski definition) is 1. The fraction of sp³-hybridized carbons (Fsp3) is 0.292. The van der Waals surface area contributed by atoms with E-state index < -0.39 is 11.6 Å². The average molecular weight is 443 g/mol. The summed E-state index contributed by atoms with van der Waals surface area (Å²) in [5.41, 5.74) is 4.01. The van der Waals surface area contributed by atoms with Crippen molar-refractivity contribution in [3.63, 3.8) is 0 Å². The van der Waals surface area contributed by atoms with Gasteiger partial charge in [-0.15, -0.1) is 0 Å². The lowest BCUT2D eigenvalue weighted by Gasteiger charge is -2.17. The molecule has 0 radical (unpaired) electrons. The number of hydrogen-bond acceptors (Lipinski definition) is 4. The fourth-order valence-corrected chi connectivity index (χ4v) is 4.42. The van der Waals surface area contributed by atoms with Gasteiger partial charge in [0.2, 0.25) is 0 Å². The Kier molecular flexibility index (Phi) is 5.56. The highest BCUT2D eigenvalue weighted by Gasteiger charge is 2.32. The highest BCUT2D eigenvalue weighted by atomic mass is 32.2. The van der Waals surface area contributed by atoms with Crippen LogP contribution in [0.25, 0.3) is 11.1 Å². The molecule has 0 amide bonds. The van der Waals surface area contributed by atoms with Crippen LogP contribution in [0.2, 0.25) is 0 Å². The molecule has 0 spiro atoms. The van der Waals surface area contributed by atoms with Crippen molar-refractivity contribution >= 4 is 17.6 Å². The van der Waals surface area contributed by atoms with Crippen LogP contribution in [0, 0.1) is 24.0 Å². The summed E-state index contributed by atoms with van der Waals surface area (Å²) in [5.74, 6) is -1.07. The molecular weight excluding hydrogens is 418 g/mol. The molecule has 0 unspecified atom stereocenters. The van der Waals surface area contributed by atoms with Gasteiger partial charge in [-0.2, -0.15) is 0 Å². The van der Waals surface area contributed by atoms with Crippen LogP contribution in [-0.4, -0.2) is 10.8 Å². The third-order valence-corrected chi connectivity index (χ3v) is 5.86. The van der Waals surface area contributed by atoms with Crippen molar-refractivity contribution in [3.8, 4) is 22.6 Å². The van der Waals surface area contributed by atoms with E-state index in [0.29, 0.717) is 17.9 Å². The number of halogens is 2. The third kappa shape index (κ3) is 4.19. The van der Waals surface area contributed by atoms with Crippen molar-refractivity contribution < 1.29 is 13.5 Å². The molecule has 0 saturated carbocycles. The maximum absolute atomic E-state index is 14.3. The second-order valence-electron chi connectivity index (χ2n) is 8.61. The predicted molar refractivity (Wildman–Crippen MR) is 122 cm³/mol. The molecule has 4 rings (SSSR count). The van der Waals surface area contributed by atoms with Crippen LogP contribution in [0.3, 0.4) is 0 Å². The molecule has 1 aromatic heterocycles. The third-order valence-electron chi connectivity index (χ3n) is 5.42. The highest BCUT2D eigenvalue weighted by molar-refractivity contribution is 7.99. The minimum Gasteiger partial charge on any atom is -0.454 e. The number of benzene rings is 2. The average Bonchev–Trinajstić information content (AvgIpc) is 3.04. The molecule has 0 fully saturated rings. The maximum Gasteiger partial charge on any atom is 0.253 e. The Balaban J connectivity index is 1.90. The van der Waals surface area contributed by atoms with Gasteiger partial charge in [0.05, 0.1) is 0 Å². The van der Waals surface area contributed by atoms with E-state index in [1.807, 2.05) is 29.0 Å². The fourth-order valence-electron chi connectivity index (χ4n) is 4.06. The monoisotopic (exact) mass is 442 g/mol. The standard InChI is InChI=1S/C24H24F2N2O2S/c1-14-9-17(20-12-24(2,3)13-28(20)23(14)29)18-11-16(27-31-4)6-8-21(18)30-22-7-5-15(25)10-19(22)26/h5-11,27H,12-13H2,1-4H3. The largest absolute Gasteiger partial charge is 0.454 e. The van der Waals surface area contributed by atoms with Gasteiger partial charge in [0.1, 0.15) is 11.6 Å². The van der Waals surface area contributed by atoms with Crippen LogP contribution < -0.4 is 15.0 Å². The van der Waals surface area contributed by atoms with Gasteiger partial charge in [-0.25, -0.2) is 8.78 Å². The first-order valence-corrected chi connectivity index (χ1v) is 11.2. The van der Waals surface area contributed by atoms with Crippen molar-refractivity contribution in [1.82, 2.24) is 4.57 Å². The highest BCUT2D eigenvalue weighted by Crippen LogP contribution is 2.42. The molecule has 0 saturated heterocycles. The van der Waals surface area contributed by atoms with Crippen molar-refractivity contribution in [3.05, 3.63) is 75.7 Å². The molecular formula is C24H24F2N2O2S. The number of aryl methyl sites for hydroxylation is 1. The molecule has 0 atom stereocenters. The summed E-state index contributed by atoms with van der Waals surface area (Å²) in [6.45, 7) is 6.71. The number of anilines is 1. The lowest BCUT2D eigenvalue weighted by atomic mass is 9.89. The Hall–Kier alpha value is -2.80. The van der Waals surface area contributed by atoms with Crippen LogP contribution in [-0.2, 0) is 13.0 Å². The van der Waals surface area contributed by atoms with E-state index in [0.717, 1.165) is 41.1 Å². The van der Waals surface area contributed by atoms with Crippen LogP contribution in [0.15, 0.2) is 47.3 Å². The molecule has 162 valence electrons. The summed E-state index contributed by atoms with van der Waals surface area (Å²) in [6.07, 6.45) is 2.66. The first-order chi connectivity index (χ1) is 14.7. The number of nitrogens with zero attached hydrogens (tertiary/aromatic N) is 1. The van der Waals surface area contributed by atoms with Gasteiger partial charge in [-0.1, -0.05) is 25.8 Å². The summed E-state index contributed by atoms with van der Waals surface area (Å²) in [7, 11) is 0. The second-order valence-corrected chi connectivity index (χ2v) is 9.23. The Morgan fingerprint density at radius 3 is 2.52 bits per heavy atom. The SMILES string of the molecule is CSNc1ccc(Oc2ccc(F)cc2F)c(-c2cc(C)c(=O)n3c2CC(C)(C)C3)c1. The lowest BCUT2D eigenvalue weighted by Crippen LogP contribution is -2.24. The summed E-state index contributed by atoms with van der Waals surface area (Å²) in [4.78, 5) is 12.8. The van der Waals surface area contributed by atoms with Gasteiger partial charge in [0.25, 0.3) is 5.56 Å².